The molecule has 1 N–H and O–H groups in total. The standard InChI is InChI=1S/C15H18O3/c1-12(2)4-3-11-18-14-8-5-13(6-9-14)7-10-15(16)17/h3-6,8-9H,1,7,10-11H2,2H3,(H,16,17)/b4-3+. The van der Waals surface area contributed by atoms with Crippen molar-refractivity contribution in [2.45, 2.75) is 19.8 Å². The molecule has 0 unspecified atom stereocenters. The SMILES string of the molecule is C=C(C)/C=C/COc1ccc(CCC(=O)O)cc1. The maximum Gasteiger partial charge on any atom is 0.303 e. The van der Waals surface area contributed by atoms with Crippen LogP contribution in [0.25, 0.3) is 0 Å². The van der Waals surface area contributed by atoms with E-state index in [1.165, 1.54) is 0 Å². The second-order valence-electron chi connectivity index (χ2n) is 4.10. The average molecular weight is 246 g/mol. The molecular weight excluding hydrogens is 228 g/mol. The van der Waals surface area contributed by atoms with Crippen LogP contribution >= 0.6 is 0 Å². The molecule has 0 atom stereocenters. The summed E-state index contributed by atoms with van der Waals surface area (Å²) in [4.78, 5) is 10.4. The number of carboxylic acids is 1. The number of rotatable bonds is 7. The fourth-order valence-electron chi connectivity index (χ4n) is 1.40. The van der Waals surface area contributed by atoms with Gasteiger partial charge in [-0.3, -0.25) is 4.79 Å². The Bertz CT molecular complexity index is 430. The zero-order valence-corrected chi connectivity index (χ0v) is 10.6. The molecule has 96 valence electrons. The van der Waals surface area contributed by atoms with Gasteiger partial charge in [-0.1, -0.05) is 30.4 Å². The van der Waals surface area contributed by atoms with Crippen LogP contribution in [-0.4, -0.2) is 17.7 Å². The van der Waals surface area contributed by atoms with Crippen molar-refractivity contribution in [3.8, 4) is 5.75 Å². The summed E-state index contributed by atoms with van der Waals surface area (Å²) < 4.78 is 5.49. The van der Waals surface area contributed by atoms with Crippen molar-refractivity contribution in [3.05, 3.63) is 54.1 Å². The van der Waals surface area contributed by atoms with E-state index in [-0.39, 0.29) is 6.42 Å². The van der Waals surface area contributed by atoms with Gasteiger partial charge in [-0.15, -0.1) is 0 Å². The molecule has 0 aliphatic heterocycles. The first kappa shape index (κ1) is 14.0. The Morgan fingerprint density at radius 3 is 2.61 bits per heavy atom. The van der Waals surface area contributed by atoms with Gasteiger partial charge in [-0.2, -0.15) is 0 Å². The van der Waals surface area contributed by atoms with Crippen molar-refractivity contribution < 1.29 is 14.6 Å². The van der Waals surface area contributed by atoms with E-state index in [0.29, 0.717) is 13.0 Å². The van der Waals surface area contributed by atoms with Crippen molar-refractivity contribution >= 4 is 5.97 Å². The number of carbonyl (C=O) groups is 1. The van der Waals surface area contributed by atoms with Gasteiger partial charge >= 0.3 is 5.97 Å². The molecule has 0 amide bonds. The zero-order chi connectivity index (χ0) is 13.4. The molecular formula is C15H18O3. The first-order valence-corrected chi connectivity index (χ1v) is 5.83. The Balaban J connectivity index is 2.40. The van der Waals surface area contributed by atoms with E-state index in [2.05, 4.69) is 6.58 Å². The molecule has 0 spiro atoms. The molecule has 0 saturated carbocycles. The predicted molar refractivity (Wildman–Crippen MR) is 71.8 cm³/mol. The average Bonchev–Trinajstić information content (AvgIpc) is 2.33. The summed E-state index contributed by atoms with van der Waals surface area (Å²) >= 11 is 0. The maximum absolute atomic E-state index is 10.4. The van der Waals surface area contributed by atoms with Gasteiger partial charge in [0.05, 0.1) is 0 Å². The van der Waals surface area contributed by atoms with Crippen molar-refractivity contribution in [2.75, 3.05) is 6.61 Å². The molecule has 1 aromatic rings. The number of carboxylic acid groups (broad SMARTS) is 1. The van der Waals surface area contributed by atoms with E-state index in [1.54, 1.807) is 0 Å². The Hall–Kier alpha value is -2.03. The highest BCUT2D eigenvalue weighted by Crippen LogP contribution is 2.13. The van der Waals surface area contributed by atoms with Gasteiger partial charge < -0.3 is 9.84 Å². The van der Waals surface area contributed by atoms with Gasteiger partial charge in [0, 0.05) is 6.42 Å². The minimum atomic E-state index is -0.778. The van der Waals surface area contributed by atoms with E-state index in [9.17, 15) is 4.79 Å². The smallest absolute Gasteiger partial charge is 0.303 e. The first-order chi connectivity index (χ1) is 8.58. The molecule has 1 aromatic carbocycles. The number of benzene rings is 1. The third-order valence-corrected chi connectivity index (χ3v) is 2.30. The first-order valence-electron chi connectivity index (χ1n) is 5.83. The Labute approximate surface area is 107 Å². The summed E-state index contributed by atoms with van der Waals surface area (Å²) in [6.45, 7) is 6.18. The van der Waals surface area contributed by atoms with E-state index in [0.717, 1.165) is 16.9 Å². The highest BCUT2D eigenvalue weighted by atomic mass is 16.5. The third kappa shape index (κ3) is 5.89. The van der Waals surface area contributed by atoms with E-state index in [1.807, 2.05) is 43.3 Å². The second kappa shape index (κ2) is 7.33. The Kier molecular flexibility index (Phi) is 5.71. The van der Waals surface area contributed by atoms with Gasteiger partial charge in [-0.05, 0) is 37.1 Å². The molecule has 0 radical (unpaired) electrons. The van der Waals surface area contributed by atoms with Crippen LogP contribution in [0.4, 0.5) is 0 Å². The topological polar surface area (TPSA) is 46.5 Å². The Morgan fingerprint density at radius 1 is 1.39 bits per heavy atom. The minimum Gasteiger partial charge on any atom is -0.490 e. The van der Waals surface area contributed by atoms with Crippen LogP contribution in [0.5, 0.6) is 5.75 Å². The van der Waals surface area contributed by atoms with E-state index >= 15 is 0 Å². The van der Waals surface area contributed by atoms with Crippen LogP contribution < -0.4 is 4.74 Å². The van der Waals surface area contributed by atoms with Crippen LogP contribution in [0.2, 0.25) is 0 Å². The summed E-state index contributed by atoms with van der Waals surface area (Å²) in [7, 11) is 0. The minimum absolute atomic E-state index is 0.154. The van der Waals surface area contributed by atoms with Gasteiger partial charge in [0.15, 0.2) is 0 Å². The van der Waals surface area contributed by atoms with Crippen LogP contribution in [0.3, 0.4) is 0 Å². The summed E-state index contributed by atoms with van der Waals surface area (Å²) in [5.74, 6) is 0.000647. The number of ether oxygens (including phenoxy) is 1. The van der Waals surface area contributed by atoms with Crippen LogP contribution in [0, 0.1) is 0 Å². The van der Waals surface area contributed by atoms with E-state index < -0.39 is 5.97 Å². The molecule has 0 bridgehead atoms. The van der Waals surface area contributed by atoms with Crippen LogP contribution in [0.15, 0.2) is 48.6 Å². The van der Waals surface area contributed by atoms with Gasteiger partial charge in [0.25, 0.3) is 0 Å². The summed E-state index contributed by atoms with van der Waals surface area (Å²) in [6.07, 6.45) is 4.51. The molecule has 3 heteroatoms. The normalized spacial score (nSPS) is 10.5. The second-order valence-corrected chi connectivity index (χ2v) is 4.10. The zero-order valence-electron chi connectivity index (χ0n) is 10.6. The molecule has 18 heavy (non-hydrogen) atoms. The lowest BCUT2D eigenvalue weighted by Crippen LogP contribution is -1.98. The fourth-order valence-corrected chi connectivity index (χ4v) is 1.40. The summed E-state index contributed by atoms with van der Waals surface area (Å²) in [5, 5.41) is 8.58. The molecule has 0 aliphatic rings. The number of hydrogen-bond acceptors (Lipinski definition) is 2. The van der Waals surface area contributed by atoms with Crippen molar-refractivity contribution in [1.29, 1.82) is 0 Å². The number of allylic oxidation sites excluding steroid dienone is 2. The number of hydrogen-bond donors (Lipinski definition) is 1. The molecule has 3 nitrogen and oxygen atoms in total. The lowest BCUT2D eigenvalue weighted by molar-refractivity contribution is -0.136. The lowest BCUT2D eigenvalue weighted by Gasteiger charge is -2.04. The lowest BCUT2D eigenvalue weighted by atomic mass is 10.1. The van der Waals surface area contributed by atoms with Gasteiger partial charge in [0.1, 0.15) is 12.4 Å². The monoisotopic (exact) mass is 246 g/mol. The van der Waals surface area contributed by atoms with Crippen molar-refractivity contribution in [3.63, 3.8) is 0 Å². The predicted octanol–water partition coefficient (Wildman–Crippen LogP) is 3.21. The molecule has 1 rings (SSSR count). The molecule has 0 saturated heterocycles. The highest BCUT2D eigenvalue weighted by molar-refractivity contribution is 5.67. The third-order valence-electron chi connectivity index (χ3n) is 2.30. The van der Waals surface area contributed by atoms with Crippen molar-refractivity contribution in [1.82, 2.24) is 0 Å². The largest absolute Gasteiger partial charge is 0.490 e. The number of aliphatic carboxylic acids is 1. The van der Waals surface area contributed by atoms with Gasteiger partial charge in [-0.25, -0.2) is 0 Å². The molecule has 0 fully saturated rings. The molecule has 0 aliphatic carbocycles. The fraction of sp³-hybridized carbons (Fsp3) is 0.267. The van der Waals surface area contributed by atoms with Crippen molar-refractivity contribution in [2.24, 2.45) is 0 Å². The molecule has 0 aromatic heterocycles. The summed E-state index contributed by atoms with van der Waals surface area (Å²) in [6, 6.07) is 7.49. The van der Waals surface area contributed by atoms with Gasteiger partial charge in [0.2, 0.25) is 0 Å². The summed E-state index contributed by atoms with van der Waals surface area (Å²) in [5.41, 5.74) is 1.99. The maximum atomic E-state index is 10.4. The van der Waals surface area contributed by atoms with Crippen LogP contribution in [-0.2, 0) is 11.2 Å². The highest BCUT2D eigenvalue weighted by Gasteiger charge is 1.99. The quantitative estimate of drug-likeness (QED) is 0.751. The van der Waals surface area contributed by atoms with Crippen LogP contribution in [0.1, 0.15) is 18.9 Å². The van der Waals surface area contributed by atoms with E-state index in [4.69, 9.17) is 9.84 Å². The number of aryl methyl sites for hydroxylation is 1. The Morgan fingerprint density at radius 2 is 2.06 bits per heavy atom. The molecule has 0 heterocycles.